The van der Waals surface area contributed by atoms with Gasteiger partial charge in [0, 0.05) is 5.75 Å². The predicted molar refractivity (Wildman–Crippen MR) is 91.0 cm³/mol. The topological polar surface area (TPSA) is 63.8 Å². The van der Waals surface area contributed by atoms with Crippen LogP contribution >= 0.6 is 11.8 Å². The summed E-state index contributed by atoms with van der Waals surface area (Å²) < 4.78 is 1.68. The summed E-state index contributed by atoms with van der Waals surface area (Å²) in [7, 11) is 0. The van der Waals surface area contributed by atoms with Crippen molar-refractivity contribution in [3.05, 3.63) is 58.7 Å². The Morgan fingerprint density at radius 3 is 2.35 bits per heavy atom. The molecule has 0 saturated carbocycles. The highest BCUT2D eigenvalue weighted by atomic mass is 32.2. The highest BCUT2D eigenvalue weighted by Crippen LogP contribution is 2.27. The molecule has 1 aromatic heterocycles. The molecule has 0 radical (unpaired) electrons. The number of phenolic OH excluding ortho intramolecular Hbond substituents is 1. The van der Waals surface area contributed by atoms with Crippen LogP contribution in [-0.2, 0) is 5.75 Å². The van der Waals surface area contributed by atoms with Crippen molar-refractivity contribution in [1.82, 2.24) is 20.2 Å². The maximum Gasteiger partial charge on any atom is 0.214 e. The molecule has 0 aliphatic rings. The van der Waals surface area contributed by atoms with Crippen LogP contribution in [0.15, 0.2) is 41.6 Å². The molecule has 6 heteroatoms. The second-order valence-electron chi connectivity index (χ2n) is 5.56. The van der Waals surface area contributed by atoms with E-state index >= 15 is 0 Å². The zero-order valence-electron chi connectivity index (χ0n) is 13.3. The number of rotatable bonds is 4. The number of aromatic hydroxyl groups is 1. The zero-order chi connectivity index (χ0) is 16.4. The van der Waals surface area contributed by atoms with Gasteiger partial charge in [-0.05, 0) is 72.2 Å². The number of benzene rings is 2. The highest BCUT2D eigenvalue weighted by molar-refractivity contribution is 7.98. The van der Waals surface area contributed by atoms with Crippen molar-refractivity contribution in [1.29, 1.82) is 0 Å². The van der Waals surface area contributed by atoms with Crippen LogP contribution in [-0.4, -0.2) is 25.3 Å². The number of thioether (sulfide) groups is 1. The molecule has 0 fully saturated rings. The van der Waals surface area contributed by atoms with E-state index in [4.69, 9.17) is 0 Å². The molecule has 0 atom stereocenters. The highest BCUT2D eigenvalue weighted by Gasteiger charge is 2.11. The molecule has 1 heterocycles. The second-order valence-corrected chi connectivity index (χ2v) is 6.50. The molecule has 0 saturated heterocycles. The van der Waals surface area contributed by atoms with Crippen molar-refractivity contribution in [2.24, 2.45) is 0 Å². The van der Waals surface area contributed by atoms with Gasteiger partial charge >= 0.3 is 0 Å². The first-order chi connectivity index (χ1) is 11.0. The van der Waals surface area contributed by atoms with E-state index in [0.717, 1.165) is 16.6 Å². The Balaban J connectivity index is 1.83. The quantitative estimate of drug-likeness (QED) is 0.742. The van der Waals surface area contributed by atoms with E-state index in [2.05, 4.69) is 48.4 Å². The summed E-state index contributed by atoms with van der Waals surface area (Å²) in [6.45, 7) is 6.39. The smallest absolute Gasteiger partial charge is 0.214 e. The van der Waals surface area contributed by atoms with Gasteiger partial charge in [0.05, 0.1) is 5.69 Å². The van der Waals surface area contributed by atoms with Crippen molar-refractivity contribution in [2.45, 2.75) is 31.7 Å². The average molecular weight is 326 g/mol. The molecule has 0 aliphatic carbocycles. The van der Waals surface area contributed by atoms with Gasteiger partial charge in [-0.15, -0.1) is 5.10 Å². The number of hydrogen-bond acceptors (Lipinski definition) is 5. The first-order valence-electron chi connectivity index (χ1n) is 7.32. The number of tetrazole rings is 1. The largest absolute Gasteiger partial charge is 0.508 e. The fraction of sp³-hybridized carbons (Fsp3) is 0.235. The molecular formula is C17H18N4OS. The molecule has 3 rings (SSSR count). The Labute approximate surface area is 139 Å². The summed E-state index contributed by atoms with van der Waals surface area (Å²) in [6, 6.07) is 11.2. The van der Waals surface area contributed by atoms with Crippen molar-refractivity contribution in [3.63, 3.8) is 0 Å². The number of nitrogens with zero attached hydrogens (tertiary/aromatic N) is 4. The minimum absolute atomic E-state index is 0.224. The third kappa shape index (κ3) is 3.37. The minimum Gasteiger partial charge on any atom is -0.508 e. The lowest BCUT2D eigenvalue weighted by Crippen LogP contribution is -1.99. The van der Waals surface area contributed by atoms with Gasteiger partial charge in [0.25, 0.3) is 0 Å². The summed E-state index contributed by atoms with van der Waals surface area (Å²) in [6.07, 6.45) is 0. The van der Waals surface area contributed by atoms with Gasteiger partial charge in [0.2, 0.25) is 5.16 Å². The van der Waals surface area contributed by atoms with Crippen LogP contribution in [0.4, 0.5) is 0 Å². The van der Waals surface area contributed by atoms with Gasteiger partial charge < -0.3 is 5.11 Å². The van der Waals surface area contributed by atoms with E-state index in [1.807, 2.05) is 0 Å². The van der Waals surface area contributed by atoms with E-state index in [1.54, 1.807) is 40.7 Å². The van der Waals surface area contributed by atoms with Crippen molar-refractivity contribution < 1.29 is 5.11 Å². The first kappa shape index (κ1) is 15.6. The third-order valence-corrected chi connectivity index (χ3v) is 4.67. The monoisotopic (exact) mass is 326 g/mol. The molecule has 3 aromatic rings. The average Bonchev–Trinajstić information content (AvgIpc) is 2.95. The SMILES string of the molecule is Cc1cc(C)c(CSc2nnnn2-c2ccc(O)cc2)c(C)c1. The van der Waals surface area contributed by atoms with Gasteiger partial charge in [0.15, 0.2) is 0 Å². The third-order valence-electron chi connectivity index (χ3n) is 3.72. The Morgan fingerprint density at radius 2 is 1.70 bits per heavy atom. The molecule has 0 spiro atoms. The van der Waals surface area contributed by atoms with Crippen LogP contribution in [0.2, 0.25) is 0 Å². The Hall–Kier alpha value is -2.34. The maximum atomic E-state index is 9.39. The molecule has 2 aromatic carbocycles. The molecule has 0 aliphatic heterocycles. The van der Waals surface area contributed by atoms with Gasteiger partial charge in [0.1, 0.15) is 5.75 Å². The Kier molecular flexibility index (Phi) is 4.34. The van der Waals surface area contributed by atoms with Crippen LogP contribution in [0.1, 0.15) is 22.3 Å². The first-order valence-corrected chi connectivity index (χ1v) is 8.30. The van der Waals surface area contributed by atoms with Crippen LogP contribution in [0.5, 0.6) is 5.75 Å². The summed E-state index contributed by atoms with van der Waals surface area (Å²) in [5.74, 6) is 1.04. The standard InChI is InChI=1S/C17H18N4OS/c1-11-8-12(2)16(13(3)9-11)10-23-17-18-19-20-21(17)14-4-6-15(22)7-5-14/h4-9,22H,10H2,1-3H3. The van der Waals surface area contributed by atoms with Gasteiger partial charge in [-0.3, -0.25) is 0 Å². The lowest BCUT2D eigenvalue weighted by molar-refractivity contribution is 0.475. The molecule has 0 bridgehead atoms. The second kappa shape index (κ2) is 6.42. The van der Waals surface area contributed by atoms with Crippen LogP contribution in [0.25, 0.3) is 5.69 Å². The van der Waals surface area contributed by atoms with Crippen molar-refractivity contribution >= 4 is 11.8 Å². The number of aryl methyl sites for hydroxylation is 3. The molecule has 0 unspecified atom stereocenters. The van der Waals surface area contributed by atoms with Crippen LogP contribution in [0.3, 0.4) is 0 Å². The van der Waals surface area contributed by atoms with Gasteiger partial charge in [-0.2, -0.15) is 4.68 Å². The van der Waals surface area contributed by atoms with E-state index in [0.29, 0.717) is 0 Å². The van der Waals surface area contributed by atoms with Crippen molar-refractivity contribution in [3.8, 4) is 11.4 Å². The van der Waals surface area contributed by atoms with Crippen LogP contribution < -0.4 is 0 Å². The predicted octanol–water partition coefficient (Wildman–Crippen LogP) is 3.59. The molecule has 0 amide bonds. The van der Waals surface area contributed by atoms with Gasteiger partial charge in [-0.25, -0.2) is 0 Å². The Morgan fingerprint density at radius 1 is 1.04 bits per heavy atom. The molecule has 23 heavy (non-hydrogen) atoms. The normalized spacial score (nSPS) is 10.9. The maximum absolute atomic E-state index is 9.39. The number of hydrogen-bond donors (Lipinski definition) is 1. The van der Waals surface area contributed by atoms with Crippen LogP contribution in [0, 0.1) is 20.8 Å². The van der Waals surface area contributed by atoms with E-state index in [9.17, 15) is 5.11 Å². The fourth-order valence-corrected chi connectivity index (χ4v) is 3.69. The molecule has 5 nitrogen and oxygen atoms in total. The van der Waals surface area contributed by atoms with Crippen molar-refractivity contribution in [2.75, 3.05) is 0 Å². The molecule has 118 valence electrons. The van der Waals surface area contributed by atoms with E-state index in [1.165, 1.54) is 22.3 Å². The molecule has 1 N–H and O–H groups in total. The Bertz CT molecular complexity index is 804. The lowest BCUT2D eigenvalue weighted by atomic mass is 10.0. The summed E-state index contributed by atoms with van der Waals surface area (Å²) in [5, 5.41) is 22.0. The summed E-state index contributed by atoms with van der Waals surface area (Å²) >= 11 is 1.60. The molecular weight excluding hydrogens is 308 g/mol. The number of phenols is 1. The minimum atomic E-state index is 0.224. The summed E-state index contributed by atoms with van der Waals surface area (Å²) in [4.78, 5) is 0. The fourth-order valence-electron chi connectivity index (χ4n) is 2.60. The zero-order valence-corrected chi connectivity index (χ0v) is 14.1. The van der Waals surface area contributed by atoms with E-state index < -0.39 is 0 Å². The summed E-state index contributed by atoms with van der Waals surface area (Å²) in [5.41, 5.74) is 6.01. The number of aromatic nitrogens is 4. The van der Waals surface area contributed by atoms with Gasteiger partial charge in [-0.1, -0.05) is 29.5 Å². The van der Waals surface area contributed by atoms with E-state index in [-0.39, 0.29) is 5.75 Å². The lowest BCUT2D eigenvalue weighted by Gasteiger charge is -2.11.